The molecule has 0 aromatic heterocycles. The lowest BCUT2D eigenvalue weighted by Crippen LogP contribution is -2.56. The second-order valence-corrected chi connectivity index (χ2v) is 9.93. The van der Waals surface area contributed by atoms with Crippen molar-refractivity contribution in [1.82, 2.24) is 10.6 Å². The van der Waals surface area contributed by atoms with Gasteiger partial charge in [0.05, 0.1) is 6.04 Å². The molecule has 0 bridgehead atoms. The van der Waals surface area contributed by atoms with Gasteiger partial charge in [-0.3, -0.25) is 9.59 Å². The monoisotopic (exact) mass is 449 g/mol. The van der Waals surface area contributed by atoms with Crippen LogP contribution in [0.5, 0.6) is 5.75 Å². The number of rotatable bonds is 11. The Morgan fingerprint density at radius 1 is 1.00 bits per heavy atom. The topological polar surface area (TPSA) is 131 Å². The van der Waals surface area contributed by atoms with Crippen molar-refractivity contribution >= 4 is 17.8 Å². The number of nitrogens with two attached hydrogens (primary N) is 1. The third-order valence-corrected chi connectivity index (χ3v) is 4.71. The van der Waals surface area contributed by atoms with E-state index in [2.05, 4.69) is 10.6 Å². The Morgan fingerprint density at radius 3 is 2.00 bits per heavy atom. The lowest BCUT2D eigenvalue weighted by atomic mass is 10.00. The first-order valence-corrected chi connectivity index (χ1v) is 11.1. The second-order valence-electron chi connectivity index (χ2n) is 9.93. The van der Waals surface area contributed by atoms with E-state index in [4.69, 9.17) is 10.5 Å². The SMILES string of the molecule is CC(C)C[C@H](N)C(=O)N[C@@H](Cc1ccc(OC(C)(C)C)cc1)C(=O)N[C@H](C(=O)O)C(C)C. The molecule has 0 aliphatic carbocycles. The van der Waals surface area contributed by atoms with Crippen LogP contribution in [-0.4, -0.2) is 46.6 Å². The summed E-state index contributed by atoms with van der Waals surface area (Å²) in [5.41, 5.74) is 6.43. The number of benzene rings is 1. The Balaban J connectivity index is 3.04. The standard InChI is InChI=1S/C24H39N3O5/c1-14(2)12-18(25)21(28)26-19(22(29)27-20(15(3)4)23(30)31)13-16-8-10-17(11-9-16)32-24(5,6)7/h8-11,14-15,18-20H,12-13,25H2,1-7H3,(H,26,28)(H,27,29)(H,30,31)/t18-,19-,20-/m0/s1. The van der Waals surface area contributed by atoms with Crippen LogP contribution in [-0.2, 0) is 20.8 Å². The number of aliphatic carboxylic acids is 1. The maximum Gasteiger partial charge on any atom is 0.326 e. The molecule has 32 heavy (non-hydrogen) atoms. The highest BCUT2D eigenvalue weighted by atomic mass is 16.5. The third-order valence-electron chi connectivity index (χ3n) is 4.71. The number of ether oxygens (including phenoxy) is 1. The average molecular weight is 450 g/mol. The molecule has 1 aromatic rings. The molecule has 3 atom stereocenters. The fraction of sp³-hybridized carbons (Fsp3) is 0.625. The summed E-state index contributed by atoms with van der Waals surface area (Å²) in [6.45, 7) is 13.2. The predicted molar refractivity (Wildman–Crippen MR) is 124 cm³/mol. The van der Waals surface area contributed by atoms with Crippen LogP contribution in [0.25, 0.3) is 0 Å². The van der Waals surface area contributed by atoms with Crippen LogP contribution in [0.2, 0.25) is 0 Å². The first-order valence-electron chi connectivity index (χ1n) is 11.1. The molecule has 2 amide bonds. The summed E-state index contributed by atoms with van der Waals surface area (Å²) in [4.78, 5) is 37.1. The molecule has 8 heteroatoms. The van der Waals surface area contributed by atoms with E-state index in [1.54, 1.807) is 26.0 Å². The largest absolute Gasteiger partial charge is 0.488 e. The summed E-state index contributed by atoms with van der Waals surface area (Å²) in [6.07, 6.45) is 0.662. The molecule has 1 aromatic carbocycles. The van der Waals surface area contributed by atoms with Gasteiger partial charge in [-0.1, -0.05) is 39.8 Å². The van der Waals surface area contributed by atoms with Crippen molar-refractivity contribution in [2.75, 3.05) is 0 Å². The van der Waals surface area contributed by atoms with Gasteiger partial charge in [-0.2, -0.15) is 0 Å². The Morgan fingerprint density at radius 2 is 1.56 bits per heavy atom. The lowest BCUT2D eigenvalue weighted by Gasteiger charge is -2.25. The number of carboxylic acid groups (broad SMARTS) is 1. The van der Waals surface area contributed by atoms with Crippen LogP contribution in [0.15, 0.2) is 24.3 Å². The molecule has 0 fully saturated rings. The van der Waals surface area contributed by atoms with E-state index in [0.29, 0.717) is 12.2 Å². The molecule has 8 nitrogen and oxygen atoms in total. The minimum atomic E-state index is -1.13. The second kappa shape index (κ2) is 11.9. The molecular weight excluding hydrogens is 410 g/mol. The van der Waals surface area contributed by atoms with Gasteiger partial charge in [-0.15, -0.1) is 0 Å². The normalized spacial score (nSPS) is 14.6. The van der Waals surface area contributed by atoms with Crippen molar-refractivity contribution in [3.05, 3.63) is 29.8 Å². The van der Waals surface area contributed by atoms with Crippen molar-refractivity contribution in [2.24, 2.45) is 17.6 Å². The number of hydrogen-bond donors (Lipinski definition) is 4. The van der Waals surface area contributed by atoms with Crippen molar-refractivity contribution in [3.63, 3.8) is 0 Å². The summed E-state index contributed by atoms with van der Waals surface area (Å²) < 4.78 is 5.82. The van der Waals surface area contributed by atoms with Crippen molar-refractivity contribution in [3.8, 4) is 5.75 Å². The van der Waals surface area contributed by atoms with E-state index in [1.807, 2.05) is 46.8 Å². The van der Waals surface area contributed by atoms with E-state index in [-0.39, 0.29) is 23.9 Å². The summed E-state index contributed by atoms with van der Waals surface area (Å²) in [7, 11) is 0. The van der Waals surface area contributed by atoms with E-state index in [9.17, 15) is 19.5 Å². The number of amides is 2. The zero-order valence-corrected chi connectivity index (χ0v) is 20.3. The maximum absolute atomic E-state index is 12.9. The van der Waals surface area contributed by atoms with Gasteiger partial charge in [-0.25, -0.2) is 4.79 Å². The highest BCUT2D eigenvalue weighted by Gasteiger charge is 2.30. The van der Waals surface area contributed by atoms with Gasteiger partial charge in [0.25, 0.3) is 0 Å². The minimum Gasteiger partial charge on any atom is -0.488 e. The van der Waals surface area contributed by atoms with Gasteiger partial charge in [0.1, 0.15) is 23.4 Å². The van der Waals surface area contributed by atoms with E-state index in [0.717, 1.165) is 5.56 Å². The summed E-state index contributed by atoms with van der Waals surface area (Å²) in [6, 6.07) is 4.46. The van der Waals surface area contributed by atoms with Gasteiger partial charge in [0, 0.05) is 6.42 Å². The number of carboxylic acids is 1. The van der Waals surface area contributed by atoms with Gasteiger partial charge in [-0.05, 0) is 56.7 Å². The predicted octanol–water partition coefficient (Wildman–Crippen LogP) is 2.49. The van der Waals surface area contributed by atoms with Gasteiger partial charge in [0.15, 0.2) is 0 Å². The molecule has 180 valence electrons. The molecule has 1 rings (SSSR count). The van der Waals surface area contributed by atoms with Crippen molar-refractivity contribution in [2.45, 2.75) is 85.0 Å². The number of carbonyl (C=O) groups excluding carboxylic acids is 2. The Hall–Kier alpha value is -2.61. The maximum atomic E-state index is 12.9. The van der Waals surface area contributed by atoms with Crippen molar-refractivity contribution in [1.29, 1.82) is 0 Å². The Bertz CT molecular complexity index is 769. The molecule has 0 spiro atoms. The third kappa shape index (κ3) is 9.68. The highest BCUT2D eigenvalue weighted by molar-refractivity contribution is 5.92. The zero-order valence-electron chi connectivity index (χ0n) is 20.3. The molecule has 5 N–H and O–H groups in total. The van der Waals surface area contributed by atoms with E-state index >= 15 is 0 Å². The van der Waals surface area contributed by atoms with Crippen LogP contribution in [0, 0.1) is 11.8 Å². The van der Waals surface area contributed by atoms with Crippen LogP contribution >= 0.6 is 0 Å². The molecular formula is C24H39N3O5. The highest BCUT2D eigenvalue weighted by Crippen LogP contribution is 2.19. The fourth-order valence-electron chi connectivity index (χ4n) is 3.15. The molecule has 0 unspecified atom stereocenters. The smallest absolute Gasteiger partial charge is 0.326 e. The van der Waals surface area contributed by atoms with Crippen molar-refractivity contribution < 1.29 is 24.2 Å². The van der Waals surface area contributed by atoms with Crippen LogP contribution in [0.4, 0.5) is 0 Å². The number of carbonyl (C=O) groups is 3. The number of nitrogens with one attached hydrogen (secondary N) is 2. The summed E-state index contributed by atoms with van der Waals surface area (Å²) >= 11 is 0. The quantitative estimate of drug-likeness (QED) is 0.411. The van der Waals surface area contributed by atoms with E-state index < -0.39 is 35.9 Å². The first-order chi connectivity index (χ1) is 14.7. The first kappa shape index (κ1) is 27.4. The Labute approximate surface area is 191 Å². The minimum absolute atomic E-state index is 0.187. The van der Waals surface area contributed by atoms with E-state index in [1.165, 1.54) is 0 Å². The van der Waals surface area contributed by atoms with Gasteiger partial charge >= 0.3 is 5.97 Å². The van der Waals surface area contributed by atoms with Crippen LogP contribution < -0.4 is 21.1 Å². The fourth-order valence-corrected chi connectivity index (χ4v) is 3.15. The summed E-state index contributed by atoms with van der Waals surface area (Å²) in [5, 5.41) is 14.7. The molecule has 0 saturated carbocycles. The van der Waals surface area contributed by atoms with Crippen LogP contribution in [0.1, 0.15) is 60.5 Å². The van der Waals surface area contributed by atoms with Gasteiger partial charge < -0.3 is 26.2 Å². The molecule has 0 heterocycles. The molecule has 0 aliphatic heterocycles. The van der Waals surface area contributed by atoms with Crippen LogP contribution in [0.3, 0.4) is 0 Å². The summed E-state index contributed by atoms with van der Waals surface area (Å²) in [5.74, 6) is -1.54. The molecule has 0 saturated heterocycles. The number of hydrogen-bond acceptors (Lipinski definition) is 5. The van der Waals surface area contributed by atoms with Gasteiger partial charge in [0.2, 0.25) is 11.8 Å². The molecule has 0 radical (unpaired) electrons. The zero-order chi connectivity index (χ0) is 24.6. The molecule has 0 aliphatic rings. The average Bonchev–Trinajstić information content (AvgIpc) is 2.64. The lowest BCUT2D eigenvalue weighted by molar-refractivity contribution is -0.143. The Kier molecular flexibility index (Phi) is 10.2.